The van der Waals surface area contributed by atoms with Crippen LogP contribution in [-0.2, 0) is 4.79 Å². The van der Waals surface area contributed by atoms with Gasteiger partial charge in [-0.3, -0.25) is 4.79 Å². The Labute approximate surface area is 215 Å². The quantitative estimate of drug-likeness (QED) is 0.577. The summed E-state index contributed by atoms with van der Waals surface area (Å²) >= 11 is 12.4. The van der Waals surface area contributed by atoms with Crippen LogP contribution in [0.25, 0.3) is 0 Å². The zero-order chi connectivity index (χ0) is 24.4. The predicted octanol–water partition coefficient (Wildman–Crippen LogP) is 3.91. The van der Waals surface area contributed by atoms with Crippen molar-refractivity contribution < 1.29 is 19.4 Å². The predicted molar refractivity (Wildman–Crippen MR) is 137 cm³/mol. The molecule has 35 heavy (non-hydrogen) atoms. The zero-order valence-corrected chi connectivity index (χ0v) is 21.1. The third kappa shape index (κ3) is 5.64. The topological polar surface area (TPSA) is 74.3 Å². The summed E-state index contributed by atoms with van der Waals surface area (Å²) in [4.78, 5) is 17.8. The number of anilines is 1. The molecule has 1 amide bonds. The Hall–Kier alpha value is -2.19. The van der Waals surface area contributed by atoms with E-state index in [1.807, 2.05) is 30.3 Å². The maximum atomic E-state index is 13.3. The number of ether oxygens (including phenoxy) is 2. The van der Waals surface area contributed by atoms with Gasteiger partial charge in [-0.15, -0.1) is 0 Å². The van der Waals surface area contributed by atoms with Crippen molar-refractivity contribution in [1.82, 2.24) is 10.2 Å². The Morgan fingerprint density at radius 2 is 1.83 bits per heavy atom. The number of carbonyl (C=O) groups is 1. The van der Waals surface area contributed by atoms with Crippen molar-refractivity contribution in [2.45, 2.75) is 31.4 Å². The van der Waals surface area contributed by atoms with Gasteiger partial charge in [-0.05, 0) is 68.2 Å². The molecule has 2 fully saturated rings. The second kappa shape index (κ2) is 10.8. The molecule has 2 saturated heterocycles. The van der Waals surface area contributed by atoms with Crippen LogP contribution in [0.4, 0.5) is 5.69 Å². The Balaban J connectivity index is 1.29. The van der Waals surface area contributed by atoms with Crippen LogP contribution < -0.4 is 19.7 Å². The number of aliphatic hydroxyl groups excluding tert-OH is 1. The van der Waals surface area contributed by atoms with E-state index in [1.165, 1.54) is 0 Å². The van der Waals surface area contributed by atoms with Gasteiger partial charge in [0.1, 0.15) is 19.3 Å². The van der Waals surface area contributed by atoms with E-state index in [0.717, 1.165) is 44.6 Å². The number of likely N-dealkylation sites (tertiary alicyclic amines) is 1. The van der Waals surface area contributed by atoms with E-state index < -0.39 is 12.1 Å². The number of carbonyl (C=O) groups excluding carboxylic acids is 1. The van der Waals surface area contributed by atoms with E-state index in [1.54, 1.807) is 6.07 Å². The first-order valence-corrected chi connectivity index (χ1v) is 13.0. The number of hydrogen-bond acceptors (Lipinski definition) is 6. The number of fused-ring (bicyclic) bond motifs is 1. The summed E-state index contributed by atoms with van der Waals surface area (Å²) in [5.41, 5.74) is 1.59. The Morgan fingerprint density at radius 1 is 1.06 bits per heavy atom. The van der Waals surface area contributed by atoms with Crippen molar-refractivity contribution in [2.24, 2.45) is 5.92 Å². The van der Waals surface area contributed by atoms with Gasteiger partial charge in [0.15, 0.2) is 11.5 Å². The lowest BCUT2D eigenvalue weighted by Crippen LogP contribution is -2.48. The molecule has 7 nitrogen and oxygen atoms in total. The summed E-state index contributed by atoms with van der Waals surface area (Å²) in [5, 5.41) is 15.7. The number of benzene rings is 2. The number of halogens is 2. The van der Waals surface area contributed by atoms with E-state index >= 15 is 0 Å². The minimum Gasteiger partial charge on any atom is -0.486 e. The molecule has 3 aliphatic heterocycles. The molecule has 3 aliphatic rings. The van der Waals surface area contributed by atoms with Crippen LogP contribution in [0.1, 0.15) is 30.9 Å². The first-order valence-electron chi connectivity index (χ1n) is 12.3. The highest BCUT2D eigenvalue weighted by Crippen LogP contribution is 2.35. The Morgan fingerprint density at radius 3 is 2.60 bits per heavy atom. The molecule has 3 unspecified atom stereocenters. The van der Waals surface area contributed by atoms with Gasteiger partial charge < -0.3 is 29.7 Å². The lowest BCUT2D eigenvalue weighted by atomic mass is 9.99. The van der Waals surface area contributed by atoms with Gasteiger partial charge in [-0.25, -0.2) is 0 Å². The molecule has 0 aromatic heterocycles. The maximum absolute atomic E-state index is 13.3. The first kappa shape index (κ1) is 24.5. The highest BCUT2D eigenvalue weighted by Gasteiger charge is 2.33. The van der Waals surface area contributed by atoms with Gasteiger partial charge in [0, 0.05) is 24.7 Å². The summed E-state index contributed by atoms with van der Waals surface area (Å²) in [6.45, 7) is 4.86. The lowest BCUT2D eigenvalue weighted by molar-refractivity contribution is -0.126. The van der Waals surface area contributed by atoms with Crippen molar-refractivity contribution in [1.29, 1.82) is 0 Å². The third-order valence-corrected chi connectivity index (χ3v) is 7.62. The number of nitrogens with zero attached hydrogens (tertiary/aromatic N) is 2. The standard InChI is InChI=1S/C26H31Cl2N3O4/c27-19-4-5-22(20(28)14-19)31-10-7-18(15-31)26(33)29-21(16-30-8-1-2-9-30)25(32)17-3-6-23-24(13-17)35-12-11-34-23/h3-6,13-14,18,21,25,32H,1-2,7-12,15-16H2,(H,29,33). The number of nitrogens with one attached hydrogen (secondary N) is 1. The minimum atomic E-state index is -0.862. The third-order valence-electron chi connectivity index (χ3n) is 7.08. The van der Waals surface area contributed by atoms with Crippen LogP contribution in [0.3, 0.4) is 0 Å². The first-order chi connectivity index (χ1) is 17.0. The molecule has 0 saturated carbocycles. The molecule has 3 atom stereocenters. The largest absolute Gasteiger partial charge is 0.486 e. The molecular formula is C26H31Cl2N3O4. The second-order valence-electron chi connectivity index (χ2n) is 9.50. The van der Waals surface area contributed by atoms with Gasteiger partial charge >= 0.3 is 0 Å². The molecule has 2 N–H and O–H groups in total. The molecule has 0 radical (unpaired) electrons. The molecule has 2 aromatic carbocycles. The van der Waals surface area contributed by atoms with Crippen molar-refractivity contribution >= 4 is 34.8 Å². The SMILES string of the molecule is O=C(NC(CN1CCCC1)C(O)c1ccc2c(c1)OCCO2)C1CCN(c2ccc(Cl)cc2Cl)C1. The molecule has 0 bridgehead atoms. The number of amides is 1. The molecule has 3 heterocycles. The summed E-state index contributed by atoms with van der Waals surface area (Å²) in [6, 6.07) is 10.5. The van der Waals surface area contributed by atoms with Gasteiger partial charge in [0.25, 0.3) is 0 Å². The molecule has 188 valence electrons. The highest BCUT2D eigenvalue weighted by molar-refractivity contribution is 6.36. The summed E-state index contributed by atoms with van der Waals surface area (Å²) in [7, 11) is 0. The van der Waals surface area contributed by atoms with E-state index in [9.17, 15) is 9.90 Å². The molecular weight excluding hydrogens is 489 g/mol. The van der Waals surface area contributed by atoms with Crippen molar-refractivity contribution in [3.8, 4) is 11.5 Å². The summed E-state index contributed by atoms with van der Waals surface area (Å²) in [6.07, 6.45) is 2.14. The van der Waals surface area contributed by atoms with E-state index in [0.29, 0.717) is 53.4 Å². The second-order valence-corrected chi connectivity index (χ2v) is 10.3. The van der Waals surface area contributed by atoms with Crippen LogP contribution in [0.2, 0.25) is 10.0 Å². The van der Waals surface area contributed by atoms with Gasteiger partial charge in [0.05, 0.1) is 22.7 Å². The fourth-order valence-corrected chi connectivity index (χ4v) is 5.70. The van der Waals surface area contributed by atoms with Crippen LogP contribution >= 0.6 is 23.2 Å². The Kier molecular flexibility index (Phi) is 7.58. The normalized spacial score (nSPS) is 21.7. The number of hydrogen-bond donors (Lipinski definition) is 2. The van der Waals surface area contributed by atoms with Crippen LogP contribution in [0.15, 0.2) is 36.4 Å². The van der Waals surface area contributed by atoms with Gasteiger partial charge in [-0.2, -0.15) is 0 Å². The van der Waals surface area contributed by atoms with Crippen LogP contribution in [-0.4, -0.2) is 67.9 Å². The fraction of sp³-hybridized carbons (Fsp3) is 0.500. The van der Waals surface area contributed by atoms with E-state index in [4.69, 9.17) is 32.7 Å². The van der Waals surface area contributed by atoms with Crippen molar-refractivity contribution in [3.63, 3.8) is 0 Å². The molecule has 5 rings (SSSR count). The van der Waals surface area contributed by atoms with Crippen molar-refractivity contribution in [3.05, 3.63) is 52.0 Å². The maximum Gasteiger partial charge on any atom is 0.225 e. The Bertz CT molecular complexity index is 1060. The average molecular weight is 520 g/mol. The smallest absolute Gasteiger partial charge is 0.225 e. The molecule has 9 heteroatoms. The zero-order valence-electron chi connectivity index (χ0n) is 19.6. The fourth-order valence-electron chi connectivity index (χ4n) is 5.18. The monoisotopic (exact) mass is 519 g/mol. The summed E-state index contributed by atoms with van der Waals surface area (Å²) in [5.74, 6) is 1.08. The number of rotatable bonds is 7. The van der Waals surface area contributed by atoms with Gasteiger partial charge in [-0.1, -0.05) is 29.3 Å². The average Bonchev–Trinajstić information content (AvgIpc) is 3.55. The van der Waals surface area contributed by atoms with Crippen LogP contribution in [0.5, 0.6) is 11.5 Å². The summed E-state index contributed by atoms with van der Waals surface area (Å²) < 4.78 is 11.3. The molecule has 0 aliphatic carbocycles. The molecule has 0 spiro atoms. The highest BCUT2D eigenvalue weighted by atomic mass is 35.5. The minimum absolute atomic E-state index is 0.0432. The van der Waals surface area contributed by atoms with E-state index in [-0.39, 0.29) is 11.8 Å². The number of aliphatic hydroxyl groups is 1. The van der Waals surface area contributed by atoms with Crippen LogP contribution in [0, 0.1) is 5.92 Å². The van der Waals surface area contributed by atoms with Crippen molar-refractivity contribution in [2.75, 3.05) is 50.8 Å². The van der Waals surface area contributed by atoms with E-state index in [2.05, 4.69) is 15.1 Å². The van der Waals surface area contributed by atoms with Gasteiger partial charge in [0.2, 0.25) is 5.91 Å². The molecule has 2 aromatic rings. The lowest BCUT2D eigenvalue weighted by Gasteiger charge is -2.30.